The van der Waals surface area contributed by atoms with Crippen LogP contribution in [0, 0.1) is 11.8 Å². The van der Waals surface area contributed by atoms with Crippen molar-refractivity contribution in [2.45, 2.75) is 59.0 Å². The summed E-state index contributed by atoms with van der Waals surface area (Å²) in [5, 5.41) is 0. The van der Waals surface area contributed by atoms with E-state index in [1.54, 1.807) is 24.3 Å². The quantitative estimate of drug-likeness (QED) is 0.385. The molecule has 2 aromatic rings. The van der Waals surface area contributed by atoms with Gasteiger partial charge in [0, 0.05) is 5.92 Å². The topological polar surface area (TPSA) is 52.6 Å². The fourth-order valence-corrected chi connectivity index (χ4v) is 3.70. The van der Waals surface area contributed by atoms with Crippen molar-refractivity contribution in [1.29, 1.82) is 0 Å². The van der Waals surface area contributed by atoms with Crippen LogP contribution < -0.4 is 0 Å². The van der Waals surface area contributed by atoms with E-state index in [0.717, 1.165) is 32.1 Å². The van der Waals surface area contributed by atoms with Gasteiger partial charge in [0.25, 0.3) is 0 Å². The lowest BCUT2D eigenvalue weighted by molar-refractivity contribution is -0.0291. The molecule has 0 fully saturated rings. The number of carbonyl (C=O) groups is 2. The highest BCUT2D eigenvalue weighted by Crippen LogP contribution is 2.29. The summed E-state index contributed by atoms with van der Waals surface area (Å²) in [6, 6.07) is 18.1. The number of unbranched alkanes of at least 4 members (excludes halogenated alkanes) is 1. The lowest BCUT2D eigenvalue weighted by Gasteiger charge is -2.32. The summed E-state index contributed by atoms with van der Waals surface area (Å²) in [4.78, 5) is 25.2. The first-order valence-corrected chi connectivity index (χ1v) is 11.1. The molecule has 0 saturated carbocycles. The summed E-state index contributed by atoms with van der Waals surface area (Å²) in [7, 11) is 0. The van der Waals surface area contributed by atoms with Crippen LogP contribution >= 0.6 is 0 Å². The maximum Gasteiger partial charge on any atom is 0.338 e. The lowest BCUT2D eigenvalue weighted by atomic mass is 9.84. The first-order chi connectivity index (χ1) is 14.6. The molecule has 4 heteroatoms. The fourth-order valence-electron chi connectivity index (χ4n) is 3.70. The molecule has 0 amide bonds. The maximum absolute atomic E-state index is 12.8. The standard InChI is InChI=1S/C26H34O4/c1-4-7-14-20(5-2)24(30-26(28)23-17-12-9-13-18-23)21(6-3)19-29-25(27)22-15-10-8-11-16-22/h8-13,15-18,20-21,24H,4-7,14,19H2,1-3H3. The number of ether oxygens (including phenoxy) is 2. The van der Waals surface area contributed by atoms with Crippen molar-refractivity contribution in [1.82, 2.24) is 0 Å². The van der Waals surface area contributed by atoms with Gasteiger partial charge in [-0.05, 0) is 49.4 Å². The molecular weight excluding hydrogens is 376 g/mol. The highest BCUT2D eigenvalue weighted by Gasteiger charge is 2.32. The average Bonchev–Trinajstić information content (AvgIpc) is 2.80. The summed E-state index contributed by atoms with van der Waals surface area (Å²) in [5.74, 6) is -0.475. The molecule has 0 saturated heterocycles. The molecule has 0 aliphatic carbocycles. The average molecular weight is 411 g/mol. The van der Waals surface area contributed by atoms with Crippen molar-refractivity contribution in [2.75, 3.05) is 6.61 Å². The third kappa shape index (κ3) is 7.01. The molecule has 0 heterocycles. The zero-order chi connectivity index (χ0) is 21.8. The first kappa shape index (κ1) is 23.7. The van der Waals surface area contributed by atoms with Gasteiger partial charge in [0.1, 0.15) is 6.10 Å². The van der Waals surface area contributed by atoms with Crippen LogP contribution in [0.1, 0.15) is 73.6 Å². The van der Waals surface area contributed by atoms with Gasteiger partial charge in [-0.1, -0.05) is 70.0 Å². The minimum absolute atomic E-state index is 0.0490. The molecule has 0 N–H and O–H groups in total. The van der Waals surface area contributed by atoms with E-state index in [0.29, 0.717) is 11.1 Å². The Morgan fingerprint density at radius 3 is 1.80 bits per heavy atom. The van der Waals surface area contributed by atoms with E-state index in [4.69, 9.17) is 9.47 Å². The second-order valence-electron chi connectivity index (χ2n) is 7.68. The summed E-state index contributed by atoms with van der Waals surface area (Å²) < 4.78 is 11.7. The molecule has 162 valence electrons. The molecule has 0 radical (unpaired) electrons. The van der Waals surface area contributed by atoms with Gasteiger partial charge in [0.2, 0.25) is 0 Å². The minimum atomic E-state index is -0.344. The Balaban J connectivity index is 2.14. The van der Waals surface area contributed by atoms with Crippen molar-refractivity contribution in [3.63, 3.8) is 0 Å². The fraction of sp³-hybridized carbons (Fsp3) is 0.462. The van der Waals surface area contributed by atoms with Crippen LogP contribution in [0.3, 0.4) is 0 Å². The van der Waals surface area contributed by atoms with Crippen LogP contribution in [0.5, 0.6) is 0 Å². The van der Waals surface area contributed by atoms with Gasteiger partial charge in [-0.15, -0.1) is 0 Å². The molecule has 0 spiro atoms. The van der Waals surface area contributed by atoms with E-state index in [-0.39, 0.29) is 36.5 Å². The van der Waals surface area contributed by atoms with E-state index < -0.39 is 0 Å². The molecule has 3 atom stereocenters. The lowest BCUT2D eigenvalue weighted by Crippen LogP contribution is -2.37. The third-order valence-electron chi connectivity index (χ3n) is 5.60. The van der Waals surface area contributed by atoms with E-state index in [1.807, 2.05) is 36.4 Å². The molecule has 0 aromatic heterocycles. The van der Waals surface area contributed by atoms with Gasteiger partial charge >= 0.3 is 11.9 Å². The number of rotatable bonds is 12. The Kier molecular flexibility index (Phi) is 10.1. The second kappa shape index (κ2) is 12.8. The molecule has 4 nitrogen and oxygen atoms in total. The second-order valence-corrected chi connectivity index (χ2v) is 7.68. The normalized spacial score (nSPS) is 13.8. The predicted molar refractivity (Wildman–Crippen MR) is 119 cm³/mol. The van der Waals surface area contributed by atoms with Crippen LogP contribution in [0.2, 0.25) is 0 Å². The van der Waals surface area contributed by atoms with Gasteiger partial charge in [-0.3, -0.25) is 0 Å². The molecule has 0 aliphatic rings. The first-order valence-electron chi connectivity index (χ1n) is 11.1. The molecule has 0 bridgehead atoms. The zero-order valence-electron chi connectivity index (χ0n) is 18.4. The zero-order valence-corrected chi connectivity index (χ0v) is 18.4. The van der Waals surface area contributed by atoms with Crippen molar-refractivity contribution >= 4 is 11.9 Å². The Hall–Kier alpha value is -2.62. The van der Waals surface area contributed by atoms with Crippen molar-refractivity contribution in [3.05, 3.63) is 71.8 Å². The van der Waals surface area contributed by atoms with Crippen LogP contribution in [0.15, 0.2) is 60.7 Å². The Bertz CT molecular complexity index is 757. The molecule has 3 unspecified atom stereocenters. The van der Waals surface area contributed by atoms with E-state index in [9.17, 15) is 9.59 Å². The SMILES string of the molecule is CCCCC(CC)C(OC(=O)c1ccccc1)C(CC)COC(=O)c1ccccc1. The van der Waals surface area contributed by atoms with Crippen LogP contribution in [0.4, 0.5) is 0 Å². The van der Waals surface area contributed by atoms with E-state index in [1.165, 1.54) is 0 Å². The summed E-state index contributed by atoms with van der Waals surface area (Å²) >= 11 is 0. The summed E-state index contributed by atoms with van der Waals surface area (Å²) in [6.45, 7) is 6.58. The Morgan fingerprint density at radius 2 is 1.30 bits per heavy atom. The van der Waals surface area contributed by atoms with Crippen LogP contribution in [-0.4, -0.2) is 24.6 Å². The summed E-state index contributed by atoms with van der Waals surface area (Å²) in [6.07, 6.45) is 4.55. The predicted octanol–water partition coefficient (Wildman–Crippen LogP) is 6.31. The number of hydrogen-bond donors (Lipinski definition) is 0. The summed E-state index contributed by atoms with van der Waals surface area (Å²) in [5.41, 5.74) is 1.08. The number of esters is 2. The largest absolute Gasteiger partial charge is 0.462 e. The van der Waals surface area contributed by atoms with E-state index in [2.05, 4.69) is 20.8 Å². The van der Waals surface area contributed by atoms with Gasteiger partial charge in [-0.2, -0.15) is 0 Å². The van der Waals surface area contributed by atoms with Gasteiger partial charge in [0.15, 0.2) is 0 Å². The van der Waals surface area contributed by atoms with Gasteiger partial charge < -0.3 is 9.47 Å². The van der Waals surface area contributed by atoms with E-state index >= 15 is 0 Å². The van der Waals surface area contributed by atoms with Crippen molar-refractivity contribution in [2.24, 2.45) is 11.8 Å². The minimum Gasteiger partial charge on any atom is -0.462 e. The third-order valence-corrected chi connectivity index (χ3v) is 5.60. The molecule has 2 aromatic carbocycles. The highest BCUT2D eigenvalue weighted by atomic mass is 16.6. The van der Waals surface area contributed by atoms with Crippen LogP contribution in [0.25, 0.3) is 0 Å². The van der Waals surface area contributed by atoms with Gasteiger partial charge in [0.05, 0.1) is 17.7 Å². The van der Waals surface area contributed by atoms with Crippen LogP contribution in [-0.2, 0) is 9.47 Å². The highest BCUT2D eigenvalue weighted by molar-refractivity contribution is 5.90. The Labute approximate surface area is 180 Å². The van der Waals surface area contributed by atoms with Gasteiger partial charge in [-0.25, -0.2) is 9.59 Å². The maximum atomic E-state index is 12.8. The number of carbonyl (C=O) groups excluding carboxylic acids is 2. The number of hydrogen-bond acceptors (Lipinski definition) is 4. The van der Waals surface area contributed by atoms with Crippen molar-refractivity contribution in [3.8, 4) is 0 Å². The molecule has 0 aliphatic heterocycles. The van der Waals surface area contributed by atoms with Crippen molar-refractivity contribution < 1.29 is 19.1 Å². The Morgan fingerprint density at radius 1 is 0.767 bits per heavy atom. The molecule has 30 heavy (non-hydrogen) atoms. The molecule has 2 rings (SSSR count). The number of benzene rings is 2. The molecular formula is C26H34O4. The monoisotopic (exact) mass is 410 g/mol. The smallest absolute Gasteiger partial charge is 0.338 e.